The topological polar surface area (TPSA) is 70.5 Å². The summed E-state index contributed by atoms with van der Waals surface area (Å²) in [5, 5.41) is 32.4. The van der Waals surface area contributed by atoms with E-state index in [0.717, 1.165) is 16.7 Å². The third-order valence-corrected chi connectivity index (χ3v) is 12.1. The van der Waals surface area contributed by atoms with Crippen LogP contribution in [0.3, 0.4) is 0 Å². The maximum Gasteiger partial charge on any atom is 0.147 e. The molecule has 0 aliphatic heterocycles. The van der Waals surface area contributed by atoms with E-state index in [-0.39, 0.29) is 49.9 Å². The van der Waals surface area contributed by atoms with Crippen LogP contribution in [0.4, 0.5) is 13.2 Å². The van der Waals surface area contributed by atoms with Crippen molar-refractivity contribution >= 4 is 34.8 Å². The zero-order valence-corrected chi connectivity index (χ0v) is 41.1. The fourth-order valence-corrected chi connectivity index (χ4v) is 8.26. The fourth-order valence-electron chi connectivity index (χ4n) is 7.45. The van der Waals surface area contributed by atoms with Crippen LogP contribution in [0.2, 0.25) is 15.1 Å². The highest BCUT2D eigenvalue weighted by Gasteiger charge is 2.25. The molecule has 0 bridgehead atoms. The second kappa shape index (κ2) is 20.0. The van der Waals surface area contributed by atoms with E-state index >= 15 is 0 Å². The lowest BCUT2D eigenvalue weighted by Gasteiger charge is -2.24. The summed E-state index contributed by atoms with van der Waals surface area (Å²) in [6.07, 6.45) is 7.37. The largest absolute Gasteiger partial charge is 0.508 e. The summed E-state index contributed by atoms with van der Waals surface area (Å²) < 4.78 is 46.3. The van der Waals surface area contributed by atoms with Crippen LogP contribution in [0.25, 0.3) is 44.8 Å². The number of aromatic nitrogens is 2. The summed E-state index contributed by atoms with van der Waals surface area (Å²) in [7, 11) is 0. The van der Waals surface area contributed by atoms with Gasteiger partial charge in [-0.15, -0.1) is 0 Å². The molecule has 0 unspecified atom stereocenters. The number of rotatable bonds is 5. The lowest BCUT2D eigenvalue weighted by atomic mass is 9.84. The molecule has 0 spiro atoms. The Morgan fingerprint density at radius 1 is 0.418 bits per heavy atom. The van der Waals surface area contributed by atoms with Gasteiger partial charge < -0.3 is 24.5 Å². The number of aromatic hydroxyl groups is 3. The maximum atomic E-state index is 14.4. The molecular weight excluding hydrogens is 912 g/mol. The van der Waals surface area contributed by atoms with Crippen LogP contribution < -0.4 is 0 Å². The molecule has 348 valence electrons. The minimum Gasteiger partial charge on any atom is -0.508 e. The van der Waals surface area contributed by atoms with Crippen molar-refractivity contribution in [1.82, 2.24) is 9.13 Å². The average molecular weight is 966 g/mol. The van der Waals surface area contributed by atoms with E-state index in [4.69, 9.17) is 34.8 Å². The van der Waals surface area contributed by atoms with Gasteiger partial charge in [-0.3, -0.25) is 0 Å². The fraction of sp³-hybridized carbons (Fsp3) is 0.214. The van der Waals surface area contributed by atoms with Gasteiger partial charge in [-0.05, 0) is 136 Å². The molecule has 11 heteroatoms. The van der Waals surface area contributed by atoms with Crippen molar-refractivity contribution in [2.45, 2.75) is 78.6 Å². The first-order valence-corrected chi connectivity index (χ1v) is 22.7. The molecule has 0 fully saturated rings. The standard InChI is InChI=1S/2C20H19ClFNO.C16H16ClFO/c1-20(2,3)13-11-14(18-15(21)7-6-8-16(18)22)19(24)17(12-13)23-9-4-5-10-23;1-20(2,3)14-11-13(18-15(21)7-6-8-16(18)22)12-17(19(14)24)23-9-4-5-10-23;1-16(2,3)11-7-10(8-12(19)9-11)15-13(17)5-4-6-14(15)18/h2*4-12,24H,1-3H3;4-9,19H,1-3H3. The Kier molecular flexibility index (Phi) is 15.1. The van der Waals surface area contributed by atoms with Crippen LogP contribution in [-0.4, -0.2) is 24.5 Å². The van der Waals surface area contributed by atoms with Gasteiger partial charge in [0.05, 0.1) is 26.4 Å². The summed E-state index contributed by atoms with van der Waals surface area (Å²) in [6.45, 7) is 18.4. The first kappa shape index (κ1) is 50.4. The highest BCUT2D eigenvalue weighted by molar-refractivity contribution is 6.34. The normalized spacial score (nSPS) is 11.7. The number of benzene rings is 6. The second-order valence-corrected chi connectivity index (χ2v) is 20.5. The van der Waals surface area contributed by atoms with E-state index in [9.17, 15) is 28.5 Å². The molecule has 8 rings (SSSR count). The third kappa shape index (κ3) is 11.6. The Labute approximate surface area is 406 Å². The van der Waals surface area contributed by atoms with Gasteiger partial charge in [0.25, 0.3) is 0 Å². The zero-order chi connectivity index (χ0) is 49.2. The summed E-state index contributed by atoms with van der Waals surface area (Å²) in [5.41, 5.74) is 5.77. The van der Waals surface area contributed by atoms with E-state index in [0.29, 0.717) is 49.2 Å². The van der Waals surface area contributed by atoms with Crippen LogP contribution in [-0.2, 0) is 16.2 Å². The molecule has 2 heterocycles. The highest BCUT2D eigenvalue weighted by atomic mass is 35.5. The Morgan fingerprint density at radius 3 is 1.24 bits per heavy atom. The smallest absolute Gasteiger partial charge is 0.147 e. The minimum absolute atomic E-state index is 0.00574. The SMILES string of the molecule is CC(C)(C)c1cc(-c2c(F)cccc2Cl)c(O)c(-n2cccc2)c1.CC(C)(C)c1cc(-c2c(F)cccc2Cl)cc(-n2cccc2)c1O.CC(C)(C)c1cc(O)cc(-c2c(F)cccc2Cl)c1. The van der Waals surface area contributed by atoms with Crippen LogP contribution in [0.15, 0.2) is 146 Å². The van der Waals surface area contributed by atoms with Gasteiger partial charge in [0, 0.05) is 52.6 Å². The monoisotopic (exact) mass is 964 g/mol. The lowest BCUT2D eigenvalue weighted by Crippen LogP contribution is -2.13. The third-order valence-electron chi connectivity index (χ3n) is 11.1. The molecule has 0 amide bonds. The van der Waals surface area contributed by atoms with E-state index in [1.807, 2.05) is 124 Å². The molecule has 67 heavy (non-hydrogen) atoms. The van der Waals surface area contributed by atoms with Crippen molar-refractivity contribution in [1.29, 1.82) is 0 Å². The lowest BCUT2D eigenvalue weighted by molar-refractivity contribution is 0.444. The number of halogens is 6. The van der Waals surface area contributed by atoms with E-state index in [1.165, 1.54) is 24.3 Å². The van der Waals surface area contributed by atoms with Crippen molar-refractivity contribution in [2.75, 3.05) is 0 Å². The van der Waals surface area contributed by atoms with Gasteiger partial charge in [-0.25, -0.2) is 13.2 Å². The molecular formula is C56H54Cl3F3N2O3. The van der Waals surface area contributed by atoms with Crippen LogP contribution in [0.5, 0.6) is 17.2 Å². The number of phenols is 3. The molecule has 3 N–H and O–H groups in total. The number of hydrogen-bond donors (Lipinski definition) is 3. The predicted octanol–water partition coefficient (Wildman–Crippen LogP) is 17.0. The van der Waals surface area contributed by atoms with Crippen LogP contribution in [0.1, 0.15) is 79.0 Å². The van der Waals surface area contributed by atoms with Crippen LogP contribution in [0, 0.1) is 17.5 Å². The summed E-state index contributed by atoms with van der Waals surface area (Å²) in [4.78, 5) is 0. The van der Waals surface area contributed by atoms with Gasteiger partial charge >= 0.3 is 0 Å². The Hall–Kier alpha value is -6.06. The summed E-state index contributed by atoms with van der Waals surface area (Å²) >= 11 is 18.5. The van der Waals surface area contributed by atoms with Crippen LogP contribution >= 0.6 is 34.8 Å². The Bertz CT molecular complexity index is 2930. The number of phenolic OH excluding ortho intramolecular Hbond substituents is 3. The van der Waals surface area contributed by atoms with Crippen molar-refractivity contribution in [3.63, 3.8) is 0 Å². The van der Waals surface area contributed by atoms with Crippen molar-refractivity contribution in [3.05, 3.63) is 195 Å². The number of hydrogen-bond acceptors (Lipinski definition) is 3. The minimum atomic E-state index is -0.456. The second-order valence-electron chi connectivity index (χ2n) is 19.3. The van der Waals surface area contributed by atoms with Gasteiger partial charge in [0.1, 0.15) is 34.7 Å². The van der Waals surface area contributed by atoms with Crippen molar-refractivity contribution < 1.29 is 28.5 Å². The first-order chi connectivity index (χ1) is 31.4. The average Bonchev–Trinajstić information content (AvgIpc) is 3.97. The molecule has 0 aliphatic rings. The Balaban J connectivity index is 0.000000167. The zero-order valence-electron chi connectivity index (χ0n) is 38.9. The maximum absolute atomic E-state index is 14.4. The Morgan fingerprint density at radius 2 is 0.821 bits per heavy atom. The van der Waals surface area contributed by atoms with Gasteiger partial charge in [0.15, 0.2) is 0 Å². The molecule has 5 nitrogen and oxygen atoms in total. The quantitative estimate of drug-likeness (QED) is 0.161. The molecule has 2 aromatic heterocycles. The molecule has 0 saturated carbocycles. The molecule has 0 radical (unpaired) electrons. The first-order valence-electron chi connectivity index (χ1n) is 21.6. The molecule has 0 atom stereocenters. The van der Waals surface area contributed by atoms with Gasteiger partial charge in [0.2, 0.25) is 0 Å². The van der Waals surface area contributed by atoms with Crippen molar-refractivity contribution in [3.8, 4) is 62.0 Å². The summed E-state index contributed by atoms with van der Waals surface area (Å²) in [5.74, 6) is -0.922. The molecule has 8 aromatic rings. The van der Waals surface area contributed by atoms with Gasteiger partial charge in [-0.1, -0.05) is 121 Å². The van der Waals surface area contributed by atoms with Gasteiger partial charge in [-0.2, -0.15) is 0 Å². The molecule has 0 aliphatic carbocycles. The highest BCUT2D eigenvalue weighted by Crippen LogP contribution is 2.44. The van der Waals surface area contributed by atoms with E-state index < -0.39 is 11.6 Å². The van der Waals surface area contributed by atoms with E-state index in [2.05, 4.69) is 20.8 Å². The predicted molar refractivity (Wildman–Crippen MR) is 270 cm³/mol. The molecule has 6 aromatic carbocycles. The van der Waals surface area contributed by atoms with E-state index in [1.54, 1.807) is 48.5 Å². The van der Waals surface area contributed by atoms with Crippen molar-refractivity contribution in [2.24, 2.45) is 0 Å². The number of nitrogens with zero attached hydrogens (tertiary/aromatic N) is 2. The summed E-state index contributed by atoms with van der Waals surface area (Å²) in [6, 6.07) is 33.6. The molecule has 0 saturated heterocycles.